The van der Waals surface area contributed by atoms with E-state index in [1.807, 2.05) is 12.3 Å². The summed E-state index contributed by atoms with van der Waals surface area (Å²) in [7, 11) is 0. The van der Waals surface area contributed by atoms with Crippen molar-refractivity contribution in [3.63, 3.8) is 0 Å². The van der Waals surface area contributed by atoms with Crippen LogP contribution in [0.15, 0.2) is 11.5 Å². The van der Waals surface area contributed by atoms with E-state index in [0.717, 1.165) is 5.01 Å². The first kappa shape index (κ1) is 13.4. The van der Waals surface area contributed by atoms with Crippen molar-refractivity contribution in [3.8, 4) is 0 Å². The molecule has 6 heteroatoms. The quantitative estimate of drug-likeness (QED) is 0.779. The minimum atomic E-state index is -1.03. The fourth-order valence-electron chi connectivity index (χ4n) is 1.18. The van der Waals surface area contributed by atoms with Crippen LogP contribution in [0.3, 0.4) is 0 Å². The predicted octanol–water partition coefficient (Wildman–Crippen LogP) is 1.44. The third-order valence-electron chi connectivity index (χ3n) is 2.07. The number of hydrogen-bond acceptors (Lipinski definition) is 4. The van der Waals surface area contributed by atoms with Crippen LogP contribution >= 0.6 is 11.3 Å². The first-order valence-corrected chi connectivity index (χ1v) is 6.04. The van der Waals surface area contributed by atoms with Gasteiger partial charge in [-0.15, -0.1) is 11.3 Å². The highest BCUT2D eigenvalue weighted by molar-refractivity contribution is 7.09. The van der Waals surface area contributed by atoms with Crippen molar-refractivity contribution < 1.29 is 14.7 Å². The molecule has 17 heavy (non-hydrogen) atoms. The van der Waals surface area contributed by atoms with Gasteiger partial charge in [0.2, 0.25) is 5.91 Å². The first-order valence-electron chi connectivity index (χ1n) is 5.16. The van der Waals surface area contributed by atoms with E-state index in [1.165, 1.54) is 17.4 Å². The molecular formula is C11H14N2O3S. The van der Waals surface area contributed by atoms with E-state index in [2.05, 4.69) is 10.3 Å². The van der Waals surface area contributed by atoms with Crippen molar-refractivity contribution in [2.45, 2.75) is 26.3 Å². The summed E-state index contributed by atoms with van der Waals surface area (Å²) in [5.41, 5.74) is 0.700. The van der Waals surface area contributed by atoms with Gasteiger partial charge in [-0.05, 0) is 19.4 Å². The second-order valence-corrected chi connectivity index (χ2v) is 4.49. The van der Waals surface area contributed by atoms with Gasteiger partial charge in [0.15, 0.2) is 0 Å². The molecule has 92 valence electrons. The highest BCUT2D eigenvalue weighted by atomic mass is 32.1. The number of carboxylic acid groups (broad SMARTS) is 1. The topological polar surface area (TPSA) is 79.3 Å². The van der Waals surface area contributed by atoms with Gasteiger partial charge in [-0.1, -0.05) is 6.92 Å². The molecule has 0 radical (unpaired) electrons. The normalized spacial score (nSPS) is 12.6. The lowest BCUT2D eigenvalue weighted by Crippen LogP contribution is -2.39. The van der Waals surface area contributed by atoms with Crippen molar-refractivity contribution in [2.75, 3.05) is 0 Å². The predicted molar refractivity (Wildman–Crippen MR) is 65.7 cm³/mol. The summed E-state index contributed by atoms with van der Waals surface area (Å²) in [5, 5.41) is 13.9. The molecule has 1 aromatic rings. The fraction of sp³-hybridized carbons (Fsp3) is 0.364. The van der Waals surface area contributed by atoms with Crippen LogP contribution in [-0.2, 0) is 9.59 Å². The lowest BCUT2D eigenvalue weighted by atomic mass is 10.2. The lowest BCUT2D eigenvalue weighted by Gasteiger charge is -2.09. The van der Waals surface area contributed by atoms with Gasteiger partial charge >= 0.3 is 5.97 Å². The Hall–Kier alpha value is -1.69. The monoisotopic (exact) mass is 254 g/mol. The van der Waals surface area contributed by atoms with E-state index in [9.17, 15) is 9.59 Å². The summed E-state index contributed by atoms with van der Waals surface area (Å²) in [6, 6.07) is -0.843. The number of carboxylic acids is 1. The molecule has 0 saturated heterocycles. The fourth-order valence-corrected chi connectivity index (χ4v) is 1.76. The average molecular weight is 254 g/mol. The number of amides is 1. The number of aryl methyl sites for hydroxylation is 1. The number of carbonyl (C=O) groups is 2. The number of nitrogens with one attached hydrogen (secondary N) is 1. The molecule has 1 amide bonds. The van der Waals surface area contributed by atoms with Crippen molar-refractivity contribution in [1.29, 1.82) is 0 Å². The average Bonchev–Trinajstić information content (AvgIpc) is 2.68. The molecule has 0 saturated carbocycles. The smallest absolute Gasteiger partial charge is 0.326 e. The molecule has 0 aromatic carbocycles. The molecule has 0 bridgehead atoms. The van der Waals surface area contributed by atoms with Crippen LogP contribution < -0.4 is 5.32 Å². The van der Waals surface area contributed by atoms with E-state index in [1.54, 1.807) is 13.0 Å². The highest BCUT2D eigenvalue weighted by Crippen LogP contribution is 2.08. The Morgan fingerprint density at radius 3 is 2.82 bits per heavy atom. The molecule has 0 aliphatic heterocycles. The van der Waals surface area contributed by atoms with Crippen molar-refractivity contribution in [2.24, 2.45) is 0 Å². The summed E-state index contributed by atoms with van der Waals surface area (Å²) < 4.78 is 0. The van der Waals surface area contributed by atoms with Gasteiger partial charge in [-0.3, -0.25) is 4.79 Å². The highest BCUT2D eigenvalue weighted by Gasteiger charge is 2.15. The number of nitrogens with zero attached hydrogens (tertiary/aromatic N) is 1. The lowest BCUT2D eigenvalue weighted by molar-refractivity contribution is -0.141. The zero-order valence-corrected chi connectivity index (χ0v) is 10.5. The SMILES string of the molecule is CCC(NC(=O)/C=C/c1csc(C)n1)C(=O)O. The molecule has 5 nitrogen and oxygen atoms in total. The zero-order valence-electron chi connectivity index (χ0n) is 9.64. The van der Waals surface area contributed by atoms with E-state index in [0.29, 0.717) is 12.1 Å². The van der Waals surface area contributed by atoms with Gasteiger partial charge in [0, 0.05) is 11.5 Å². The van der Waals surface area contributed by atoms with E-state index in [-0.39, 0.29) is 0 Å². The summed E-state index contributed by atoms with van der Waals surface area (Å²) >= 11 is 1.49. The molecule has 1 aromatic heterocycles. The minimum absolute atomic E-state index is 0.352. The summed E-state index contributed by atoms with van der Waals surface area (Å²) in [6.45, 7) is 3.58. The zero-order chi connectivity index (χ0) is 12.8. The Labute approximate surface area is 103 Å². The maximum atomic E-state index is 11.4. The van der Waals surface area contributed by atoms with Crippen molar-refractivity contribution in [3.05, 3.63) is 22.2 Å². The van der Waals surface area contributed by atoms with Crippen molar-refractivity contribution >= 4 is 29.3 Å². The van der Waals surface area contributed by atoms with Crippen LogP contribution in [0.4, 0.5) is 0 Å². The molecule has 1 heterocycles. The Morgan fingerprint density at radius 1 is 1.65 bits per heavy atom. The van der Waals surface area contributed by atoms with E-state index in [4.69, 9.17) is 5.11 Å². The molecule has 1 unspecified atom stereocenters. The number of thiazole rings is 1. The third-order valence-corrected chi connectivity index (χ3v) is 2.86. The van der Waals surface area contributed by atoms with Crippen LogP contribution in [0.25, 0.3) is 6.08 Å². The van der Waals surface area contributed by atoms with Crippen molar-refractivity contribution in [1.82, 2.24) is 10.3 Å². The maximum absolute atomic E-state index is 11.4. The van der Waals surface area contributed by atoms with Gasteiger partial charge in [0.25, 0.3) is 0 Å². The van der Waals surface area contributed by atoms with Crippen LogP contribution in [-0.4, -0.2) is 28.0 Å². The molecule has 0 spiro atoms. The van der Waals surface area contributed by atoms with E-state index >= 15 is 0 Å². The number of aromatic nitrogens is 1. The Balaban J connectivity index is 2.54. The van der Waals surface area contributed by atoms with Crippen LogP contribution in [0.5, 0.6) is 0 Å². The molecule has 2 N–H and O–H groups in total. The number of rotatable bonds is 5. The molecule has 0 aliphatic rings. The molecule has 1 rings (SSSR count). The number of carbonyl (C=O) groups excluding carboxylic acids is 1. The largest absolute Gasteiger partial charge is 0.480 e. The van der Waals surface area contributed by atoms with Gasteiger partial charge in [-0.25, -0.2) is 9.78 Å². The number of aliphatic carboxylic acids is 1. The van der Waals surface area contributed by atoms with Gasteiger partial charge < -0.3 is 10.4 Å². The molecule has 0 fully saturated rings. The maximum Gasteiger partial charge on any atom is 0.326 e. The van der Waals surface area contributed by atoms with Crippen LogP contribution in [0.2, 0.25) is 0 Å². The summed E-state index contributed by atoms with van der Waals surface area (Å²) in [4.78, 5) is 26.3. The van der Waals surface area contributed by atoms with Gasteiger partial charge in [0.05, 0.1) is 10.7 Å². The second kappa shape index (κ2) is 6.15. The Kier molecular flexibility index (Phi) is 4.84. The number of hydrogen-bond donors (Lipinski definition) is 2. The molecule has 0 aliphatic carbocycles. The first-order chi connectivity index (χ1) is 8.02. The summed E-state index contributed by atoms with van der Waals surface area (Å²) in [5.74, 6) is -1.45. The second-order valence-electron chi connectivity index (χ2n) is 3.43. The Bertz CT molecular complexity index is 440. The standard InChI is InChI=1S/C11H14N2O3S/c1-3-9(11(15)16)13-10(14)5-4-8-6-17-7(2)12-8/h4-6,9H,3H2,1-2H3,(H,13,14)(H,15,16)/b5-4+. The van der Waals surface area contributed by atoms with Crippen LogP contribution in [0, 0.1) is 6.92 Å². The molecular weight excluding hydrogens is 240 g/mol. The van der Waals surface area contributed by atoms with Gasteiger partial charge in [0.1, 0.15) is 6.04 Å². The van der Waals surface area contributed by atoms with E-state index < -0.39 is 17.9 Å². The summed E-state index contributed by atoms with van der Waals surface area (Å²) in [6.07, 6.45) is 3.21. The minimum Gasteiger partial charge on any atom is -0.480 e. The van der Waals surface area contributed by atoms with Gasteiger partial charge in [-0.2, -0.15) is 0 Å². The van der Waals surface area contributed by atoms with Crippen LogP contribution in [0.1, 0.15) is 24.0 Å². The molecule has 1 atom stereocenters. The Morgan fingerprint density at radius 2 is 2.35 bits per heavy atom. The third kappa shape index (κ3) is 4.36.